The van der Waals surface area contributed by atoms with Crippen LogP contribution in [0.2, 0.25) is 0 Å². The third-order valence-corrected chi connectivity index (χ3v) is 10.7. The van der Waals surface area contributed by atoms with Gasteiger partial charge in [-0.1, -0.05) is 36.4 Å². The van der Waals surface area contributed by atoms with Crippen LogP contribution in [0.5, 0.6) is 0 Å². The van der Waals surface area contributed by atoms with Gasteiger partial charge in [-0.15, -0.1) is 11.3 Å². The molecule has 1 fully saturated rings. The Morgan fingerprint density at radius 2 is 1.69 bits per heavy atom. The van der Waals surface area contributed by atoms with Gasteiger partial charge in [-0.05, 0) is 66.6 Å². The Balaban J connectivity index is 1.39. The van der Waals surface area contributed by atoms with E-state index in [0.29, 0.717) is 16.1 Å². The van der Waals surface area contributed by atoms with Crippen LogP contribution in [0.3, 0.4) is 0 Å². The normalized spacial score (nSPS) is 16.2. The second kappa shape index (κ2) is 14.8. The van der Waals surface area contributed by atoms with Gasteiger partial charge >= 0.3 is 6.09 Å². The number of thiophene rings is 1. The summed E-state index contributed by atoms with van der Waals surface area (Å²) in [5, 5.41) is 13.3. The molecule has 48 heavy (non-hydrogen) atoms. The number of anilines is 1. The highest BCUT2D eigenvalue weighted by Gasteiger charge is 2.39. The highest BCUT2D eigenvalue weighted by molar-refractivity contribution is 7.89. The van der Waals surface area contributed by atoms with Crippen LogP contribution >= 0.6 is 11.3 Å². The smallest absolute Gasteiger partial charge is 0.415 e. The molecule has 0 radical (unpaired) electrons. The van der Waals surface area contributed by atoms with Gasteiger partial charge in [-0.3, -0.25) is 14.5 Å². The van der Waals surface area contributed by atoms with Crippen molar-refractivity contribution in [3.63, 3.8) is 0 Å². The van der Waals surface area contributed by atoms with Gasteiger partial charge in [0.25, 0.3) is 0 Å². The van der Waals surface area contributed by atoms with Crippen molar-refractivity contribution < 1.29 is 45.8 Å². The van der Waals surface area contributed by atoms with Gasteiger partial charge < -0.3 is 9.84 Å². The Bertz CT molecular complexity index is 1890. The molecule has 1 aliphatic heterocycles. The zero-order valence-corrected chi connectivity index (χ0v) is 27.2. The van der Waals surface area contributed by atoms with Crippen molar-refractivity contribution in [3.8, 4) is 0 Å². The number of Topliss-reactive ketones (excluding diaryl/α,β-unsaturated/α-hetero) is 2. The standard InChI is InChI=1S/C34H31F3N2O7S2/c1-21(40)23-9-11-25(12-10-23)39-20-32(46-34(39)43)30(41)15-24(14-22-6-3-2-4-7-22)31(42)19-38(18-26-8-5-13-47-26)48(44,45)33-17-28(36)27(35)16-29(33)37/h2-13,16-17,24,31-32,42H,14-15,18-20H2,1H3/t24-,31-,32+/m1/s1. The fraction of sp³-hybridized carbons (Fsp3) is 0.265. The largest absolute Gasteiger partial charge is 0.436 e. The van der Waals surface area contributed by atoms with Crippen molar-refractivity contribution in [1.82, 2.24) is 4.31 Å². The van der Waals surface area contributed by atoms with E-state index in [0.717, 1.165) is 9.87 Å². The molecule has 14 heteroatoms. The minimum absolute atomic E-state index is 0.122. The quantitative estimate of drug-likeness (QED) is 0.131. The van der Waals surface area contributed by atoms with Crippen molar-refractivity contribution in [2.45, 2.75) is 43.4 Å². The number of rotatable bonds is 14. The summed E-state index contributed by atoms with van der Waals surface area (Å²) in [6, 6.07) is 18.7. The molecule has 0 unspecified atom stereocenters. The number of sulfonamides is 1. The monoisotopic (exact) mass is 700 g/mol. The first-order valence-corrected chi connectivity index (χ1v) is 17.2. The van der Waals surface area contributed by atoms with Crippen molar-refractivity contribution in [1.29, 1.82) is 0 Å². The van der Waals surface area contributed by atoms with Crippen LogP contribution in [0.15, 0.2) is 89.1 Å². The third-order valence-electron chi connectivity index (χ3n) is 8.00. The number of aliphatic hydroxyl groups is 1. The molecule has 3 aromatic carbocycles. The summed E-state index contributed by atoms with van der Waals surface area (Å²) in [6.45, 7) is 0.340. The maximum Gasteiger partial charge on any atom is 0.415 e. The SMILES string of the molecule is CC(=O)c1ccc(N2C[C@@H](C(=O)C[C@@H](Cc3ccccc3)[C@H](O)CN(Cc3cccs3)S(=O)(=O)c3cc(F)c(F)cc3F)OC2=O)cc1. The van der Waals surface area contributed by atoms with Gasteiger partial charge in [0.15, 0.2) is 29.3 Å². The summed E-state index contributed by atoms with van der Waals surface area (Å²) < 4.78 is 76.1. The van der Waals surface area contributed by atoms with Crippen LogP contribution in [-0.2, 0) is 32.5 Å². The molecular weight excluding hydrogens is 670 g/mol. The number of benzene rings is 3. The number of hydrogen-bond acceptors (Lipinski definition) is 8. The molecule has 4 aromatic rings. The molecule has 1 aliphatic rings. The van der Waals surface area contributed by atoms with E-state index in [4.69, 9.17) is 4.74 Å². The Kier molecular flexibility index (Phi) is 10.8. The summed E-state index contributed by atoms with van der Waals surface area (Å²) in [7, 11) is -4.83. The predicted octanol–water partition coefficient (Wildman–Crippen LogP) is 5.76. The number of carbonyl (C=O) groups is 3. The first-order valence-electron chi connectivity index (χ1n) is 14.8. The van der Waals surface area contributed by atoms with Crippen LogP contribution in [0.25, 0.3) is 0 Å². The van der Waals surface area contributed by atoms with Crippen molar-refractivity contribution in [2.75, 3.05) is 18.0 Å². The summed E-state index contributed by atoms with van der Waals surface area (Å²) in [6.07, 6.45) is -3.68. The molecule has 1 saturated heterocycles. The maximum absolute atomic E-state index is 14.8. The fourth-order valence-electron chi connectivity index (χ4n) is 5.39. The second-order valence-electron chi connectivity index (χ2n) is 11.3. The average Bonchev–Trinajstić information content (AvgIpc) is 3.72. The van der Waals surface area contributed by atoms with E-state index in [1.807, 2.05) is 0 Å². The van der Waals surface area contributed by atoms with Crippen LogP contribution in [0.4, 0.5) is 23.7 Å². The first kappa shape index (κ1) is 35.0. The molecule has 0 saturated carbocycles. The van der Waals surface area contributed by atoms with Gasteiger partial charge in [0.1, 0.15) is 10.7 Å². The molecule has 5 rings (SSSR count). The number of hydrogen-bond donors (Lipinski definition) is 1. The van der Waals surface area contributed by atoms with E-state index in [-0.39, 0.29) is 43.8 Å². The Hall–Kier alpha value is -4.37. The van der Waals surface area contributed by atoms with E-state index in [1.54, 1.807) is 72.1 Å². The average molecular weight is 701 g/mol. The van der Waals surface area contributed by atoms with E-state index < -0.39 is 68.9 Å². The number of halogens is 3. The zero-order chi connectivity index (χ0) is 34.6. The molecule has 3 atom stereocenters. The molecule has 0 spiro atoms. The van der Waals surface area contributed by atoms with Crippen LogP contribution < -0.4 is 4.90 Å². The molecule has 0 aliphatic carbocycles. The lowest BCUT2D eigenvalue weighted by Gasteiger charge is -2.29. The van der Waals surface area contributed by atoms with Gasteiger partial charge in [-0.25, -0.2) is 26.4 Å². The molecule has 1 aromatic heterocycles. The predicted molar refractivity (Wildman–Crippen MR) is 172 cm³/mol. The van der Waals surface area contributed by atoms with Crippen molar-refractivity contribution in [3.05, 3.63) is 118 Å². The lowest BCUT2D eigenvalue weighted by Crippen LogP contribution is -2.42. The number of nitrogens with zero attached hydrogens (tertiary/aromatic N) is 2. The van der Waals surface area contributed by atoms with Crippen molar-refractivity contribution in [2.24, 2.45) is 5.92 Å². The topological polar surface area (TPSA) is 121 Å². The molecule has 0 bridgehead atoms. The molecule has 252 valence electrons. The molecule has 9 nitrogen and oxygen atoms in total. The number of carbonyl (C=O) groups excluding carboxylic acids is 3. The third kappa shape index (κ3) is 8.01. The highest BCUT2D eigenvalue weighted by atomic mass is 32.2. The van der Waals surface area contributed by atoms with Gasteiger partial charge in [0, 0.05) is 41.7 Å². The Morgan fingerprint density at radius 3 is 2.33 bits per heavy atom. The minimum Gasteiger partial charge on any atom is -0.436 e. The van der Waals surface area contributed by atoms with Crippen LogP contribution in [-0.4, -0.2) is 60.8 Å². The Morgan fingerprint density at radius 1 is 1.00 bits per heavy atom. The van der Waals surface area contributed by atoms with Crippen molar-refractivity contribution >= 4 is 44.7 Å². The fourth-order valence-corrected chi connectivity index (χ4v) is 7.69. The summed E-state index contributed by atoms with van der Waals surface area (Å²) >= 11 is 1.20. The van der Waals surface area contributed by atoms with Gasteiger partial charge in [-0.2, -0.15) is 4.31 Å². The molecular formula is C34H31F3N2O7S2. The number of ether oxygens (including phenoxy) is 1. The summed E-state index contributed by atoms with van der Waals surface area (Å²) in [4.78, 5) is 38.6. The van der Waals surface area contributed by atoms with E-state index in [2.05, 4.69) is 0 Å². The lowest BCUT2D eigenvalue weighted by atomic mass is 9.88. The number of aliphatic hydroxyl groups excluding tert-OH is 1. The minimum atomic E-state index is -4.83. The molecule has 1 N–H and O–H groups in total. The van der Waals surface area contributed by atoms with Gasteiger partial charge in [0.05, 0.1) is 12.6 Å². The zero-order valence-electron chi connectivity index (χ0n) is 25.6. The van der Waals surface area contributed by atoms with E-state index >= 15 is 0 Å². The van der Waals surface area contributed by atoms with E-state index in [1.165, 1.54) is 23.2 Å². The second-order valence-corrected chi connectivity index (χ2v) is 14.3. The first-order chi connectivity index (χ1) is 22.8. The van der Waals surface area contributed by atoms with Crippen LogP contribution in [0, 0.1) is 23.4 Å². The van der Waals surface area contributed by atoms with Gasteiger partial charge in [0.2, 0.25) is 10.0 Å². The highest BCUT2D eigenvalue weighted by Crippen LogP contribution is 2.29. The molecule has 1 amide bonds. The number of cyclic esters (lactones) is 1. The molecule has 2 heterocycles. The number of ketones is 2. The number of amides is 1. The summed E-state index contributed by atoms with van der Waals surface area (Å²) in [5.74, 6) is -6.20. The maximum atomic E-state index is 14.8. The van der Waals surface area contributed by atoms with Crippen LogP contribution in [0.1, 0.15) is 34.1 Å². The lowest BCUT2D eigenvalue weighted by molar-refractivity contribution is -0.127. The Labute approximate surface area is 279 Å². The summed E-state index contributed by atoms with van der Waals surface area (Å²) in [5.41, 5.74) is 1.59. The van der Waals surface area contributed by atoms with E-state index in [9.17, 15) is 41.1 Å².